The van der Waals surface area contributed by atoms with Crippen molar-refractivity contribution in [3.63, 3.8) is 0 Å². The van der Waals surface area contributed by atoms with Gasteiger partial charge >= 0.3 is 0 Å². The van der Waals surface area contributed by atoms with Crippen molar-refractivity contribution in [1.82, 2.24) is 0 Å². The van der Waals surface area contributed by atoms with Crippen LogP contribution in [0.3, 0.4) is 0 Å². The van der Waals surface area contributed by atoms with Gasteiger partial charge in [0.05, 0.1) is 0 Å². The highest BCUT2D eigenvalue weighted by atomic mass is 32.1. The van der Waals surface area contributed by atoms with Crippen molar-refractivity contribution in [2.45, 2.75) is 0 Å². The van der Waals surface area contributed by atoms with Gasteiger partial charge in [-0.15, -0.1) is 22.7 Å². The summed E-state index contributed by atoms with van der Waals surface area (Å²) in [5.41, 5.74) is 9.10. The first-order valence-electron chi connectivity index (χ1n) is 15.2. The molecule has 3 heterocycles. The average molecular weight is 609 g/mol. The Morgan fingerprint density at radius 3 is 1.20 bits per heavy atom. The second kappa shape index (κ2) is 9.64. The maximum atomic E-state index is 6.31. The van der Waals surface area contributed by atoms with E-state index in [0.29, 0.717) is 0 Å². The van der Waals surface area contributed by atoms with Crippen LogP contribution < -0.4 is 0 Å². The molecule has 0 saturated heterocycles. The van der Waals surface area contributed by atoms with Crippen molar-refractivity contribution in [1.29, 1.82) is 0 Å². The minimum atomic E-state index is 0.913. The van der Waals surface area contributed by atoms with E-state index in [-0.39, 0.29) is 0 Å². The van der Waals surface area contributed by atoms with Crippen molar-refractivity contribution in [3.8, 4) is 33.4 Å². The Labute approximate surface area is 267 Å². The Morgan fingerprint density at radius 1 is 0.289 bits per heavy atom. The lowest BCUT2D eigenvalue weighted by atomic mass is 9.96. The van der Waals surface area contributed by atoms with Gasteiger partial charge in [0.2, 0.25) is 0 Å². The van der Waals surface area contributed by atoms with Crippen molar-refractivity contribution < 1.29 is 4.42 Å². The molecule has 0 amide bonds. The van der Waals surface area contributed by atoms with Crippen LogP contribution in [0.4, 0.5) is 0 Å². The third-order valence-electron chi connectivity index (χ3n) is 9.09. The predicted molar refractivity (Wildman–Crippen MR) is 196 cm³/mol. The van der Waals surface area contributed by atoms with E-state index in [4.69, 9.17) is 4.42 Å². The van der Waals surface area contributed by atoms with E-state index < -0.39 is 0 Å². The van der Waals surface area contributed by atoms with Crippen LogP contribution in [0.25, 0.3) is 95.7 Å². The standard InChI is InChI=1S/C42H24OS2/c1-3-10-39-31(8-1)35-23-29(14-18-41(35)44-39)26-7-5-6-25(20-26)27-12-16-37-33(21-27)34-22-28(13-17-38(34)43-37)30-15-19-42-36(24-30)32-9-2-4-11-40(32)45-42/h1-24H. The zero-order chi connectivity index (χ0) is 29.5. The maximum absolute atomic E-state index is 6.31. The summed E-state index contributed by atoms with van der Waals surface area (Å²) in [6.45, 7) is 0. The largest absolute Gasteiger partial charge is 0.456 e. The van der Waals surface area contributed by atoms with Gasteiger partial charge in [-0.1, -0.05) is 78.9 Å². The van der Waals surface area contributed by atoms with Crippen LogP contribution in [0.1, 0.15) is 0 Å². The summed E-state index contributed by atoms with van der Waals surface area (Å²) in [5, 5.41) is 7.58. The summed E-state index contributed by atoms with van der Waals surface area (Å²) in [6.07, 6.45) is 0. The van der Waals surface area contributed by atoms with Crippen LogP contribution in [0.2, 0.25) is 0 Å². The molecule has 0 aliphatic carbocycles. The summed E-state index contributed by atoms with van der Waals surface area (Å²) in [7, 11) is 0. The molecule has 210 valence electrons. The molecular weight excluding hydrogens is 585 g/mol. The van der Waals surface area contributed by atoms with Gasteiger partial charge in [-0.2, -0.15) is 0 Å². The highest BCUT2D eigenvalue weighted by Gasteiger charge is 2.13. The van der Waals surface area contributed by atoms with Gasteiger partial charge in [0.1, 0.15) is 11.2 Å². The Morgan fingerprint density at radius 2 is 0.689 bits per heavy atom. The molecule has 45 heavy (non-hydrogen) atoms. The quantitative estimate of drug-likeness (QED) is 0.194. The minimum Gasteiger partial charge on any atom is -0.456 e. The zero-order valence-electron chi connectivity index (χ0n) is 24.1. The number of furan rings is 1. The zero-order valence-corrected chi connectivity index (χ0v) is 25.7. The lowest BCUT2D eigenvalue weighted by Crippen LogP contribution is -1.82. The Balaban J connectivity index is 1.07. The fourth-order valence-corrected chi connectivity index (χ4v) is 9.00. The molecule has 3 aromatic heterocycles. The van der Waals surface area contributed by atoms with E-state index in [1.807, 2.05) is 22.7 Å². The molecule has 1 nitrogen and oxygen atoms in total. The first-order chi connectivity index (χ1) is 22.2. The Hall–Kier alpha value is -5.22. The molecule has 0 aliphatic rings. The molecule has 0 atom stereocenters. The van der Waals surface area contributed by atoms with Crippen LogP contribution >= 0.6 is 22.7 Å². The van der Waals surface area contributed by atoms with E-state index in [2.05, 4.69) is 146 Å². The Bertz CT molecular complexity index is 2770. The van der Waals surface area contributed by atoms with Crippen LogP contribution in [0, 0.1) is 0 Å². The molecule has 10 rings (SSSR count). The number of rotatable bonds is 3. The average Bonchev–Trinajstić information content (AvgIpc) is 3.78. The summed E-state index contributed by atoms with van der Waals surface area (Å²) in [4.78, 5) is 0. The normalized spacial score (nSPS) is 12.0. The van der Waals surface area contributed by atoms with E-state index in [1.54, 1.807) is 0 Å². The molecule has 0 unspecified atom stereocenters. The van der Waals surface area contributed by atoms with Crippen LogP contribution in [-0.4, -0.2) is 0 Å². The fraction of sp³-hybridized carbons (Fsp3) is 0. The van der Waals surface area contributed by atoms with Crippen LogP contribution in [-0.2, 0) is 0 Å². The lowest BCUT2D eigenvalue weighted by Gasteiger charge is -2.07. The summed E-state index contributed by atoms with van der Waals surface area (Å²) >= 11 is 3.72. The van der Waals surface area contributed by atoms with Gasteiger partial charge in [-0.25, -0.2) is 0 Å². The number of hydrogen-bond donors (Lipinski definition) is 0. The summed E-state index contributed by atoms with van der Waals surface area (Å²) < 4.78 is 11.6. The number of fused-ring (bicyclic) bond motifs is 9. The lowest BCUT2D eigenvalue weighted by molar-refractivity contribution is 0.669. The molecule has 10 aromatic rings. The second-order valence-corrected chi connectivity index (χ2v) is 13.9. The van der Waals surface area contributed by atoms with E-state index in [0.717, 1.165) is 21.9 Å². The van der Waals surface area contributed by atoms with Gasteiger partial charge in [0.25, 0.3) is 0 Å². The van der Waals surface area contributed by atoms with Crippen molar-refractivity contribution in [3.05, 3.63) is 146 Å². The van der Waals surface area contributed by atoms with Crippen molar-refractivity contribution in [2.75, 3.05) is 0 Å². The SMILES string of the molecule is c1cc(-c2ccc3oc4ccc(-c5ccc6sc7ccccc7c6c5)cc4c3c2)cc(-c2ccc3sc4ccccc4c3c2)c1. The third kappa shape index (κ3) is 3.98. The topological polar surface area (TPSA) is 13.1 Å². The molecule has 0 radical (unpaired) electrons. The molecule has 0 aliphatic heterocycles. The molecule has 0 spiro atoms. The molecule has 0 saturated carbocycles. The minimum absolute atomic E-state index is 0.913. The van der Waals surface area contributed by atoms with Gasteiger partial charge < -0.3 is 4.42 Å². The number of benzene rings is 7. The van der Waals surface area contributed by atoms with E-state index >= 15 is 0 Å². The van der Waals surface area contributed by atoms with Gasteiger partial charge in [-0.3, -0.25) is 0 Å². The highest BCUT2D eigenvalue weighted by molar-refractivity contribution is 7.26. The Kier molecular flexibility index (Phi) is 5.39. The summed E-state index contributed by atoms with van der Waals surface area (Å²) in [6, 6.07) is 53.1. The molecule has 7 aromatic carbocycles. The first kappa shape index (κ1) is 25.1. The fourth-order valence-electron chi connectivity index (χ4n) is 6.83. The second-order valence-electron chi connectivity index (χ2n) is 11.7. The highest BCUT2D eigenvalue weighted by Crippen LogP contribution is 2.40. The van der Waals surface area contributed by atoms with Crippen LogP contribution in [0.5, 0.6) is 0 Å². The smallest absolute Gasteiger partial charge is 0.135 e. The van der Waals surface area contributed by atoms with Gasteiger partial charge in [0.15, 0.2) is 0 Å². The van der Waals surface area contributed by atoms with E-state index in [9.17, 15) is 0 Å². The van der Waals surface area contributed by atoms with Crippen molar-refractivity contribution >= 4 is 85.0 Å². The van der Waals surface area contributed by atoms with E-state index in [1.165, 1.54) is 73.7 Å². The molecular formula is C42H24OS2. The first-order valence-corrected chi connectivity index (χ1v) is 16.8. The van der Waals surface area contributed by atoms with Gasteiger partial charge in [0, 0.05) is 51.1 Å². The number of thiophene rings is 2. The monoisotopic (exact) mass is 608 g/mol. The maximum Gasteiger partial charge on any atom is 0.135 e. The van der Waals surface area contributed by atoms with Gasteiger partial charge in [-0.05, 0) is 100 Å². The van der Waals surface area contributed by atoms with Crippen molar-refractivity contribution in [2.24, 2.45) is 0 Å². The van der Waals surface area contributed by atoms with Crippen LogP contribution in [0.15, 0.2) is 150 Å². The number of hydrogen-bond acceptors (Lipinski definition) is 3. The third-order valence-corrected chi connectivity index (χ3v) is 11.4. The molecule has 3 heteroatoms. The predicted octanol–water partition coefficient (Wildman–Crippen LogP) is 13.3. The molecule has 0 bridgehead atoms. The molecule has 0 N–H and O–H groups in total. The molecule has 0 fully saturated rings. The summed E-state index contributed by atoms with van der Waals surface area (Å²) in [5.74, 6) is 0.